The van der Waals surface area contributed by atoms with E-state index in [-0.39, 0.29) is 12.0 Å². The van der Waals surface area contributed by atoms with Gasteiger partial charge in [0.25, 0.3) is 5.91 Å². The van der Waals surface area contributed by atoms with Crippen LogP contribution in [0.4, 0.5) is 0 Å². The van der Waals surface area contributed by atoms with Gasteiger partial charge in [0.05, 0.1) is 12.7 Å². The quantitative estimate of drug-likeness (QED) is 0.862. The highest BCUT2D eigenvalue weighted by Gasteiger charge is 2.30. The van der Waals surface area contributed by atoms with E-state index in [1.165, 1.54) is 0 Å². The minimum Gasteiger partial charge on any atom is -0.375 e. The van der Waals surface area contributed by atoms with Crippen molar-refractivity contribution in [3.63, 3.8) is 0 Å². The number of ether oxygens (including phenoxy) is 1. The first-order valence-electron chi connectivity index (χ1n) is 7.20. The molecule has 0 N–H and O–H groups in total. The number of carbonyl (C=O) groups excluding carboxylic acids is 1. The maximum absolute atomic E-state index is 13.0. The molecule has 1 aromatic carbocycles. The highest BCUT2D eigenvalue weighted by atomic mass is 16.5. The third kappa shape index (κ3) is 2.97. The molecule has 2 unspecified atom stereocenters. The SMILES string of the molecule is CC1CN(C(=O)C(c2ccccc2)n2cccn2)CCO1. The standard InChI is InChI=1S/C16H19N3O2/c1-13-12-18(10-11-21-13)16(20)15(19-9-5-8-17-19)14-6-3-2-4-7-14/h2-9,13,15H,10-12H2,1H3. The fourth-order valence-corrected chi connectivity index (χ4v) is 2.67. The van der Waals surface area contributed by atoms with Gasteiger partial charge in [0, 0.05) is 25.5 Å². The summed E-state index contributed by atoms with van der Waals surface area (Å²) in [6.07, 6.45) is 3.61. The van der Waals surface area contributed by atoms with Crippen LogP contribution in [0.1, 0.15) is 18.5 Å². The van der Waals surface area contributed by atoms with E-state index in [2.05, 4.69) is 5.10 Å². The van der Waals surface area contributed by atoms with E-state index in [4.69, 9.17) is 4.74 Å². The molecule has 2 heterocycles. The number of aromatic nitrogens is 2. The summed E-state index contributed by atoms with van der Waals surface area (Å²) in [4.78, 5) is 14.8. The van der Waals surface area contributed by atoms with Crippen molar-refractivity contribution < 1.29 is 9.53 Å². The van der Waals surface area contributed by atoms with E-state index < -0.39 is 6.04 Å². The average molecular weight is 285 g/mol. The molecule has 0 bridgehead atoms. The van der Waals surface area contributed by atoms with E-state index >= 15 is 0 Å². The minimum atomic E-state index is -0.411. The zero-order valence-electron chi connectivity index (χ0n) is 12.1. The molecule has 3 rings (SSSR count). The summed E-state index contributed by atoms with van der Waals surface area (Å²) in [5.74, 6) is 0.0695. The van der Waals surface area contributed by atoms with Crippen molar-refractivity contribution in [3.05, 3.63) is 54.4 Å². The number of hydrogen-bond acceptors (Lipinski definition) is 3. The van der Waals surface area contributed by atoms with Crippen LogP contribution in [-0.4, -0.2) is 46.4 Å². The van der Waals surface area contributed by atoms with Crippen molar-refractivity contribution >= 4 is 5.91 Å². The Morgan fingerprint density at radius 2 is 2.14 bits per heavy atom. The predicted octanol–water partition coefficient (Wildman–Crippen LogP) is 1.72. The molecule has 0 spiro atoms. The molecule has 5 nitrogen and oxygen atoms in total. The zero-order valence-corrected chi connectivity index (χ0v) is 12.1. The van der Waals surface area contributed by atoms with Gasteiger partial charge >= 0.3 is 0 Å². The van der Waals surface area contributed by atoms with Crippen LogP contribution in [0.5, 0.6) is 0 Å². The van der Waals surface area contributed by atoms with Crippen LogP contribution in [0.15, 0.2) is 48.8 Å². The van der Waals surface area contributed by atoms with E-state index in [0.29, 0.717) is 19.7 Å². The summed E-state index contributed by atoms with van der Waals surface area (Å²) >= 11 is 0. The third-order valence-corrected chi connectivity index (χ3v) is 3.69. The van der Waals surface area contributed by atoms with Gasteiger partial charge in [-0.1, -0.05) is 30.3 Å². The molecule has 5 heteroatoms. The number of nitrogens with zero attached hydrogens (tertiary/aromatic N) is 3. The van der Waals surface area contributed by atoms with E-state index in [0.717, 1.165) is 5.56 Å². The average Bonchev–Trinajstić information content (AvgIpc) is 3.02. The lowest BCUT2D eigenvalue weighted by Crippen LogP contribution is -2.47. The van der Waals surface area contributed by atoms with Gasteiger partial charge in [0.15, 0.2) is 6.04 Å². The summed E-state index contributed by atoms with van der Waals surface area (Å²) in [7, 11) is 0. The van der Waals surface area contributed by atoms with Gasteiger partial charge in [-0.3, -0.25) is 9.48 Å². The molecule has 1 aliphatic rings. The van der Waals surface area contributed by atoms with E-state index in [1.54, 1.807) is 10.9 Å². The topological polar surface area (TPSA) is 47.4 Å². The van der Waals surface area contributed by atoms with Gasteiger partial charge in [-0.15, -0.1) is 0 Å². The fraction of sp³-hybridized carbons (Fsp3) is 0.375. The lowest BCUT2D eigenvalue weighted by molar-refractivity contribution is -0.140. The predicted molar refractivity (Wildman–Crippen MR) is 78.8 cm³/mol. The second-order valence-corrected chi connectivity index (χ2v) is 5.26. The smallest absolute Gasteiger partial charge is 0.252 e. The van der Waals surface area contributed by atoms with E-state index in [9.17, 15) is 4.79 Å². The number of morpholine rings is 1. The Hall–Kier alpha value is -2.14. The van der Waals surface area contributed by atoms with Crippen molar-refractivity contribution in [1.29, 1.82) is 0 Å². The fourth-order valence-electron chi connectivity index (χ4n) is 2.67. The molecule has 0 aliphatic carbocycles. The molecule has 1 fully saturated rings. The number of benzene rings is 1. The van der Waals surface area contributed by atoms with Gasteiger partial charge < -0.3 is 9.64 Å². The van der Waals surface area contributed by atoms with Crippen molar-refractivity contribution in [2.24, 2.45) is 0 Å². The summed E-state index contributed by atoms with van der Waals surface area (Å²) in [5, 5.41) is 4.27. The van der Waals surface area contributed by atoms with Crippen molar-refractivity contribution in [2.75, 3.05) is 19.7 Å². The molecule has 2 atom stereocenters. The molecule has 1 aromatic heterocycles. The lowest BCUT2D eigenvalue weighted by atomic mass is 10.1. The number of hydrogen-bond donors (Lipinski definition) is 0. The first kappa shape index (κ1) is 13.8. The van der Waals surface area contributed by atoms with Crippen molar-refractivity contribution in [3.8, 4) is 0 Å². The Labute approximate surface area is 124 Å². The molecule has 0 radical (unpaired) electrons. The molecular weight excluding hydrogens is 266 g/mol. The van der Waals surface area contributed by atoms with Gasteiger partial charge in [-0.05, 0) is 18.6 Å². The van der Waals surface area contributed by atoms with Crippen LogP contribution < -0.4 is 0 Å². The van der Waals surface area contributed by atoms with Crippen LogP contribution in [0.25, 0.3) is 0 Å². The summed E-state index contributed by atoms with van der Waals surface area (Å²) in [6, 6.07) is 11.2. The highest BCUT2D eigenvalue weighted by molar-refractivity contribution is 5.83. The van der Waals surface area contributed by atoms with Crippen LogP contribution in [0.2, 0.25) is 0 Å². The van der Waals surface area contributed by atoms with Crippen LogP contribution >= 0.6 is 0 Å². The van der Waals surface area contributed by atoms with Gasteiger partial charge in [0.1, 0.15) is 0 Å². The molecule has 0 saturated carbocycles. The first-order valence-corrected chi connectivity index (χ1v) is 7.20. The Morgan fingerprint density at radius 3 is 2.81 bits per heavy atom. The molecular formula is C16H19N3O2. The lowest BCUT2D eigenvalue weighted by Gasteiger charge is -2.33. The van der Waals surface area contributed by atoms with Crippen LogP contribution in [0.3, 0.4) is 0 Å². The Kier molecular flexibility index (Phi) is 4.01. The number of rotatable bonds is 3. The molecule has 1 saturated heterocycles. The summed E-state index contributed by atoms with van der Waals surface area (Å²) in [5.41, 5.74) is 0.949. The molecule has 110 valence electrons. The Bertz CT molecular complexity index is 583. The van der Waals surface area contributed by atoms with E-state index in [1.807, 2.05) is 54.4 Å². The summed E-state index contributed by atoms with van der Waals surface area (Å²) < 4.78 is 7.24. The molecule has 2 aromatic rings. The molecule has 1 aliphatic heterocycles. The van der Waals surface area contributed by atoms with Crippen LogP contribution in [0, 0.1) is 0 Å². The molecule has 21 heavy (non-hydrogen) atoms. The normalized spacial score (nSPS) is 20.2. The Morgan fingerprint density at radius 1 is 1.33 bits per heavy atom. The zero-order chi connectivity index (χ0) is 14.7. The first-order chi connectivity index (χ1) is 10.3. The molecule has 1 amide bonds. The van der Waals surface area contributed by atoms with Crippen molar-refractivity contribution in [1.82, 2.24) is 14.7 Å². The maximum Gasteiger partial charge on any atom is 0.252 e. The Balaban J connectivity index is 1.90. The number of carbonyl (C=O) groups is 1. The van der Waals surface area contributed by atoms with Crippen LogP contribution in [-0.2, 0) is 9.53 Å². The maximum atomic E-state index is 13.0. The van der Waals surface area contributed by atoms with Gasteiger partial charge in [-0.2, -0.15) is 5.10 Å². The minimum absolute atomic E-state index is 0.0695. The highest BCUT2D eigenvalue weighted by Crippen LogP contribution is 2.21. The third-order valence-electron chi connectivity index (χ3n) is 3.69. The summed E-state index contributed by atoms with van der Waals surface area (Å²) in [6.45, 7) is 3.84. The largest absolute Gasteiger partial charge is 0.375 e. The second-order valence-electron chi connectivity index (χ2n) is 5.26. The second kappa shape index (κ2) is 6.10. The number of amides is 1. The van der Waals surface area contributed by atoms with Crippen molar-refractivity contribution in [2.45, 2.75) is 19.1 Å². The van der Waals surface area contributed by atoms with Gasteiger partial charge in [-0.25, -0.2) is 0 Å². The monoisotopic (exact) mass is 285 g/mol. The van der Waals surface area contributed by atoms with Gasteiger partial charge in [0.2, 0.25) is 0 Å².